The second-order valence-electron chi connectivity index (χ2n) is 2.44. The van der Waals surface area contributed by atoms with Crippen LogP contribution in [0.5, 0.6) is 0 Å². The Morgan fingerprint density at radius 1 is 1.29 bits per heavy atom. The highest BCUT2D eigenvalue weighted by Crippen LogP contribution is 2.30. The summed E-state index contributed by atoms with van der Waals surface area (Å²) in [7, 11) is 0. The standard InChI is InChI=1S/C8H3BrCl2N2S/c9-4-3-12-8(13-7(4)11)5-1-2-6(10)14-5/h1-3H. The Morgan fingerprint density at radius 3 is 2.64 bits per heavy atom. The Kier molecular flexibility index (Phi) is 3.07. The van der Waals surface area contributed by atoms with Crippen molar-refractivity contribution in [1.82, 2.24) is 9.97 Å². The van der Waals surface area contributed by atoms with Crippen molar-refractivity contribution in [2.24, 2.45) is 0 Å². The number of rotatable bonds is 1. The Labute approximate surface area is 103 Å². The van der Waals surface area contributed by atoms with E-state index in [-0.39, 0.29) is 0 Å². The Hall–Kier alpha value is -0.160. The third kappa shape index (κ3) is 2.08. The molecule has 0 aliphatic heterocycles. The molecular weight excluding hydrogens is 307 g/mol. The van der Waals surface area contributed by atoms with Gasteiger partial charge in [-0.1, -0.05) is 23.2 Å². The molecule has 0 aromatic carbocycles. The van der Waals surface area contributed by atoms with E-state index in [0.29, 0.717) is 19.8 Å². The predicted molar refractivity (Wildman–Crippen MR) is 63.1 cm³/mol. The Bertz CT molecular complexity index is 472. The fraction of sp³-hybridized carbons (Fsp3) is 0. The second kappa shape index (κ2) is 4.14. The minimum Gasteiger partial charge on any atom is -0.235 e. The molecule has 0 aliphatic carbocycles. The van der Waals surface area contributed by atoms with Crippen molar-refractivity contribution in [3.05, 3.63) is 32.3 Å². The topological polar surface area (TPSA) is 25.8 Å². The van der Waals surface area contributed by atoms with Crippen LogP contribution in [0.4, 0.5) is 0 Å². The first-order valence-corrected chi connectivity index (χ1v) is 5.97. The molecule has 2 heterocycles. The smallest absolute Gasteiger partial charge is 0.171 e. The number of halogens is 3. The molecule has 72 valence electrons. The van der Waals surface area contributed by atoms with Gasteiger partial charge in [0.15, 0.2) is 5.82 Å². The highest BCUT2D eigenvalue weighted by molar-refractivity contribution is 9.10. The molecular formula is C8H3BrCl2N2S. The summed E-state index contributed by atoms with van der Waals surface area (Å²) in [6, 6.07) is 3.67. The lowest BCUT2D eigenvalue weighted by Gasteiger charge is -1.97. The third-order valence-corrected chi connectivity index (χ3v) is 3.82. The van der Waals surface area contributed by atoms with E-state index in [1.54, 1.807) is 12.3 Å². The van der Waals surface area contributed by atoms with Gasteiger partial charge in [0, 0.05) is 6.20 Å². The lowest BCUT2D eigenvalue weighted by atomic mass is 10.4. The molecule has 0 aliphatic rings. The van der Waals surface area contributed by atoms with Gasteiger partial charge in [-0.05, 0) is 28.1 Å². The summed E-state index contributed by atoms with van der Waals surface area (Å²) < 4.78 is 1.40. The molecule has 0 spiro atoms. The summed E-state index contributed by atoms with van der Waals surface area (Å²) in [6.07, 6.45) is 1.62. The fourth-order valence-electron chi connectivity index (χ4n) is 0.900. The normalized spacial score (nSPS) is 10.5. The van der Waals surface area contributed by atoms with Crippen LogP contribution in [0.25, 0.3) is 10.7 Å². The van der Waals surface area contributed by atoms with Crippen LogP contribution in [0.15, 0.2) is 22.8 Å². The molecule has 0 amide bonds. The highest BCUT2D eigenvalue weighted by Gasteiger charge is 2.07. The molecule has 0 saturated carbocycles. The minimum atomic E-state index is 0.402. The average Bonchev–Trinajstić information content (AvgIpc) is 2.57. The van der Waals surface area contributed by atoms with Crippen molar-refractivity contribution in [3.63, 3.8) is 0 Å². The minimum absolute atomic E-state index is 0.402. The van der Waals surface area contributed by atoms with Crippen molar-refractivity contribution >= 4 is 50.5 Å². The third-order valence-electron chi connectivity index (χ3n) is 1.49. The molecule has 2 nitrogen and oxygen atoms in total. The van der Waals surface area contributed by atoms with E-state index in [1.165, 1.54) is 11.3 Å². The molecule has 2 aromatic rings. The van der Waals surface area contributed by atoms with E-state index >= 15 is 0 Å². The van der Waals surface area contributed by atoms with Crippen LogP contribution in [0.3, 0.4) is 0 Å². The number of thiophene rings is 1. The van der Waals surface area contributed by atoms with Gasteiger partial charge in [-0.3, -0.25) is 0 Å². The zero-order chi connectivity index (χ0) is 10.1. The summed E-state index contributed by atoms with van der Waals surface area (Å²) in [5.74, 6) is 0.593. The number of nitrogens with zero attached hydrogens (tertiary/aromatic N) is 2. The van der Waals surface area contributed by atoms with Crippen molar-refractivity contribution < 1.29 is 0 Å². The molecule has 0 unspecified atom stereocenters. The largest absolute Gasteiger partial charge is 0.235 e. The van der Waals surface area contributed by atoms with Gasteiger partial charge in [0.1, 0.15) is 5.15 Å². The molecule has 0 fully saturated rings. The van der Waals surface area contributed by atoms with E-state index in [0.717, 1.165) is 4.88 Å². The number of aromatic nitrogens is 2. The maximum Gasteiger partial charge on any atom is 0.171 e. The van der Waals surface area contributed by atoms with Crippen LogP contribution in [0, 0.1) is 0 Å². The van der Waals surface area contributed by atoms with Gasteiger partial charge in [0.2, 0.25) is 0 Å². The van der Waals surface area contributed by atoms with Crippen molar-refractivity contribution in [2.75, 3.05) is 0 Å². The summed E-state index contributed by atoms with van der Waals surface area (Å²) in [4.78, 5) is 9.15. The molecule has 2 rings (SSSR count). The fourth-order valence-corrected chi connectivity index (χ4v) is 2.20. The van der Waals surface area contributed by atoms with Gasteiger partial charge in [0.25, 0.3) is 0 Å². The maximum absolute atomic E-state index is 5.84. The van der Waals surface area contributed by atoms with Gasteiger partial charge in [-0.25, -0.2) is 9.97 Å². The zero-order valence-corrected chi connectivity index (χ0v) is 10.6. The summed E-state index contributed by atoms with van der Waals surface area (Å²) in [5.41, 5.74) is 0. The monoisotopic (exact) mass is 308 g/mol. The van der Waals surface area contributed by atoms with Crippen LogP contribution in [0.2, 0.25) is 9.49 Å². The first-order chi connectivity index (χ1) is 6.66. The molecule has 2 aromatic heterocycles. The zero-order valence-electron chi connectivity index (χ0n) is 6.67. The van der Waals surface area contributed by atoms with Crippen LogP contribution in [-0.2, 0) is 0 Å². The SMILES string of the molecule is Clc1ccc(-c2ncc(Br)c(Cl)n2)s1. The van der Waals surface area contributed by atoms with Crippen LogP contribution in [-0.4, -0.2) is 9.97 Å². The lowest BCUT2D eigenvalue weighted by Crippen LogP contribution is -1.86. The molecule has 0 radical (unpaired) electrons. The molecule has 0 bridgehead atoms. The predicted octanol–water partition coefficient (Wildman–Crippen LogP) is 4.27. The van der Waals surface area contributed by atoms with E-state index in [2.05, 4.69) is 25.9 Å². The Morgan fingerprint density at radius 2 is 2.07 bits per heavy atom. The van der Waals surface area contributed by atoms with Crippen LogP contribution < -0.4 is 0 Å². The first kappa shape index (κ1) is 10.4. The lowest BCUT2D eigenvalue weighted by molar-refractivity contribution is 1.17. The Balaban J connectivity index is 2.47. The van der Waals surface area contributed by atoms with E-state index in [9.17, 15) is 0 Å². The molecule has 0 saturated heterocycles. The van der Waals surface area contributed by atoms with Gasteiger partial charge < -0.3 is 0 Å². The van der Waals surface area contributed by atoms with E-state index < -0.39 is 0 Å². The van der Waals surface area contributed by atoms with Crippen LogP contribution >= 0.6 is 50.5 Å². The number of hydrogen-bond donors (Lipinski definition) is 0. The van der Waals surface area contributed by atoms with Crippen molar-refractivity contribution in [3.8, 4) is 10.7 Å². The molecule has 0 atom stereocenters. The maximum atomic E-state index is 5.84. The molecule has 0 N–H and O–H groups in total. The quantitative estimate of drug-likeness (QED) is 0.735. The van der Waals surface area contributed by atoms with Gasteiger partial charge >= 0.3 is 0 Å². The van der Waals surface area contributed by atoms with Gasteiger partial charge in [-0.2, -0.15) is 0 Å². The first-order valence-electron chi connectivity index (χ1n) is 3.60. The molecule has 14 heavy (non-hydrogen) atoms. The summed E-state index contributed by atoms with van der Waals surface area (Å²) in [5, 5.41) is 0.402. The van der Waals surface area contributed by atoms with E-state index in [1.807, 2.05) is 6.07 Å². The van der Waals surface area contributed by atoms with Crippen LogP contribution in [0.1, 0.15) is 0 Å². The van der Waals surface area contributed by atoms with Crippen molar-refractivity contribution in [2.45, 2.75) is 0 Å². The van der Waals surface area contributed by atoms with Crippen molar-refractivity contribution in [1.29, 1.82) is 0 Å². The van der Waals surface area contributed by atoms with E-state index in [4.69, 9.17) is 23.2 Å². The molecule has 6 heteroatoms. The second-order valence-corrected chi connectivity index (χ2v) is 5.36. The van der Waals surface area contributed by atoms with Gasteiger partial charge in [-0.15, -0.1) is 11.3 Å². The van der Waals surface area contributed by atoms with Gasteiger partial charge in [0.05, 0.1) is 13.7 Å². The highest BCUT2D eigenvalue weighted by atomic mass is 79.9. The number of hydrogen-bond acceptors (Lipinski definition) is 3. The average molecular weight is 310 g/mol. The summed E-state index contributed by atoms with van der Waals surface area (Å²) in [6.45, 7) is 0. The summed E-state index contributed by atoms with van der Waals surface area (Å²) >= 11 is 16.3.